The van der Waals surface area contributed by atoms with Crippen molar-refractivity contribution >= 4 is 28.2 Å². The Morgan fingerprint density at radius 1 is 1.31 bits per heavy atom. The fourth-order valence-electron chi connectivity index (χ4n) is 4.17. The first-order chi connectivity index (χ1) is 14.2. The second kappa shape index (κ2) is 9.67. The molecule has 1 N–H and O–H groups in total. The van der Waals surface area contributed by atoms with Crippen molar-refractivity contribution in [3.63, 3.8) is 0 Å². The molecule has 29 heavy (non-hydrogen) atoms. The number of carbonyl (C=O) groups is 1. The zero-order valence-corrected chi connectivity index (χ0v) is 17.9. The minimum absolute atomic E-state index is 0.176. The SMILES string of the molecule is CCCc1cnc(Nc2cccc(C3CN(C(=O)C4CCCCC4)CCO3)n2)s1. The van der Waals surface area contributed by atoms with Crippen LogP contribution in [-0.4, -0.2) is 40.5 Å². The largest absolute Gasteiger partial charge is 0.368 e. The zero-order chi connectivity index (χ0) is 20.1. The van der Waals surface area contributed by atoms with Crippen LogP contribution in [0.25, 0.3) is 0 Å². The Labute approximate surface area is 176 Å². The molecule has 0 aromatic carbocycles. The zero-order valence-electron chi connectivity index (χ0n) is 17.1. The summed E-state index contributed by atoms with van der Waals surface area (Å²) in [5, 5.41) is 4.17. The van der Waals surface area contributed by atoms with Crippen molar-refractivity contribution in [1.82, 2.24) is 14.9 Å². The van der Waals surface area contributed by atoms with Gasteiger partial charge in [0.15, 0.2) is 5.13 Å². The van der Waals surface area contributed by atoms with E-state index in [9.17, 15) is 4.79 Å². The number of nitrogens with zero attached hydrogens (tertiary/aromatic N) is 3. The molecule has 1 saturated heterocycles. The third-order valence-electron chi connectivity index (χ3n) is 5.72. The van der Waals surface area contributed by atoms with Crippen LogP contribution in [0, 0.1) is 5.92 Å². The molecule has 2 aliphatic rings. The lowest BCUT2D eigenvalue weighted by Gasteiger charge is -2.35. The normalized spacial score (nSPS) is 20.6. The van der Waals surface area contributed by atoms with Crippen LogP contribution >= 0.6 is 11.3 Å². The maximum Gasteiger partial charge on any atom is 0.225 e. The van der Waals surface area contributed by atoms with E-state index in [-0.39, 0.29) is 12.0 Å². The third kappa shape index (κ3) is 5.14. The average Bonchev–Trinajstić information content (AvgIpc) is 3.21. The lowest BCUT2D eigenvalue weighted by Crippen LogP contribution is -2.45. The van der Waals surface area contributed by atoms with Crippen molar-refractivity contribution in [3.8, 4) is 0 Å². The predicted octanol–water partition coefficient (Wildman–Crippen LogP) is 4.71. The number of morpholine rings is 1. The number of pyridine rings is 1. The standard InChI is InChI=1S/C22H30N4O2S/c1-2-7-17-14-23-22(29-17)25-20-11-6-10-18(24-20)19-15-26(12-13-28-19)21(27)16-8-4-3-5-9-16/h6,10-11,14,16,19H,2-5,7-9,12-13,15H2,1H3,(H,23,24,25). The maximum absolute atomic E-state index is 12.9. The first kappa shape index (κ1) is 20.3. The Hall–Kier alpha value is -1.99. The summed E-state index contributed by atoms with van der Waals surface area (Å²) >= 11 is 1.67. The van der Waals surface area contributed by atoms with Gasteiger partial charge in [-0.1, -0.05) is 38.7 Å². The van der Waals surface area contributed by atoms with Crippen molar-refractivity contribution in [2.45, 2.75) is 58.0 Å². The van der Waals surface area contributed by atoms with Crippen molar-refractivity contribution in [2.75, 3.05) is 25.0 Å². The first-order valence-corrected chi connectivity index (χ1v) is 11.6. The van der Waals surface area contributed by atoms with Crippen LogP contribution in [0.5, 0.6) is 0 Å². The summed E-state index contributed by atoms with van der Waals surface area (Å²) in [5.41, 5.74) is 0.862. The van der Waals surface area contributed by atoms with Gasteiger partial charge in [-0.15, -0.1) is 11.3 Å². The van der Waals surface area contributed by atoms with E-state index < -0.39 is 0 Å². The Morgan fingerprint density at radius 2 is 2.17 bits per heavy atom. The van der Waals surface area contributed by atoms with Crippen LogP contribution in [0.3, 0.4) is 0 Å². The molecule has 0 spiro atoms. The van der Waals surface area contributed by atoms with E-state index in [2.05, 4.69) is 17.2 Å². The highest BCUT2D eigenvalue weighted by Gasteiger charge is 2.31. The van der Waals surface area contributed by atoms with Crippen LogP contribution in [0.15, 0.2) is 24.4 Å². The van der Waals surface area contributed by atoms with E-state index in [4.69, 9.17) is 9.72 Å². The monoisotopic (exact) mass is 414 g/mol. The number of hydrogen-bond donors (Lipinski definition) is 1. The van der Waals surface area contributed by atoms with Crippen LogP contribution in [-0.2, 0) is 16.0 Å². The Balaban J connectivity index is 1.41. The third-order valence-corrected chi connectivity index (χ3v) is 6.69. The number of anilines is 2. The number of aromatic nitrogens is 2. The molecular formula is C22H30N4O2S. The molecule has 0 radical (unpaired) electrons. The summed E-state index contributed by atoms with van der Waals surface area (Å²) in [5.74, 6) is 1.27. The average molecular weight is 415 g/mol. The van der Waals surface area contributed by atoms with Gasteiger partial charge in [-0.3, -0.25) is 4.79 Å². The van der Waals surface area contributed by atoms with E-state index in [0.717, 1.165) is 42.3 Å². The van der Waals surface area contributed by atoms with Crippen molar-refractivity contribution in [2.24, 2.45) is 5.92 Å². The molecular weight excluding hydrogens is 384 g/mol. The van der Waals surface area contributed by atoms with Gasteiger partial charge in [0.25, 0.3) is 0 Å². The molecule has 4 rings (SSSR count). The molecule has 2 aromatic rings. The van der Waals surface area contributed by atoms with Gasteiger partial charge in [-0.2, -0.15) is 0 Å². The lowest BCUT2D eigenvalue weighted by molar-refractivity contribution is -0.144. The molecule has 2 aromatic heterocycles. The molecule has 7 heteroatoms. The van der Waals surface area contributed by atoms with Gasteiger partial charge >= 0.3 is 0 Å². The van der Waals surface area contributed by atoms with Crippen molar-refractivity contribution in [1.29, 1.82) is 0 Å². The van der Waals surface area contributed by atoms with Gasteiger partial charge in [0.05, 0.1) is 18.8 Å². The molecule has 1 saturated carbocycles. The van der Waals surface area contributed by atoms with E-state index in [1.165, 1.54) is 24.1 Å². The summed E-state index contributed by atoms with van der Waals surface area (Å²) in [6.07, 6.45) is 9.60. The first-order valence-electron chi connectivity index (χ1n) is 10.8. The number of carbonyl (C=O) groups excluding carboxylic acids is 1. The topological polar surface area (TPSA) is 67.4 Å². The number of amides is 1. The predicted molar refractivity (Wildman–Crippen MR) is 115 cm³/mol. The number of aryl methyl sites for hydroxylation is 1. The van der Waals surface area contributed by atoms with E-state index in [1.54, 1.807) is 11.3 Å². The fourth-order valence-corrected chi connectivity index (χ4v) is 5.09. The minimum atomic E-state index is -0.176. The van der Waals surface area contributed by atoms with E-state index in [1.807, 2.05) is 29.3 Å². The molecule has 6 nitrogen and oxygen atoms in total. The molecule has 1 unspecified atom stereocenters. The van der Waals surface area contributed by atoms with Crippen LogP contribution in [0.2, 0.25) is 0 Å². The van der Waals surface area contributed by atoms with Gasteiger partial charge in [0, 0.05) is 23.5 Å². The molecule has 3 heterocycles. The van der Waals surface area contributed by atoms with Crippen LogP contribution < -0.4 is 5.32 Å². The molecule has 1 amide bonds. The van der Waals surface area contributed by atoms with Gasteiger partial charge < -0.3 is 15.0 Å². The highest BCUT2D eigenvalue weighted by atomic mass is 32.1. The van der Waals surface area contributed by atoms with Crippen molar-refractivity contribution < 1.29 is 9.53 Å². The van der Waals surface area contributed by atoms with E-state index in [0.29, 0.717) is 25.6 Å². The molecule has 1 atom stereocenters. The van der Waals surface area contributed by atoms with E-state index >= 15 is 0 Å². The number of ether oxygens (including phenoxy) is 1. The summed E-state index contributed by atoms with van der Waals surface area (Å²) in [4.78, 5) is 25.4. The minimum Gasteiger partial charge on any atom is -0.368 e. The Bertz CT molecular complexity index is 819. The number of rotatable bonds is 6. The Morgan fingerprint density at radius 3 is 3.00 bits per heavy atom. The highest BCUT2D eigenvalue weighted by molar-refractivity contribution is 7.15. The summed E-state index contributed by atoms with van der Waals surface area (Å²) in [6.45, 7) is 4.01. The number of nitrogens with one attached hydrogen (secondary N) is 1. The van der Waals surface area contributed by atoms with Gasteiger partial charge in [0.1, 0.15) is 11.9 Å². The second-order valence-corrected chi connectivity index (χ2v) is 9.05. The summed E-state index contributed by atoms with van der Waals surface area (Å²) in [6, 6.07) is 5.91. The van der Waals surface area contributed by atoms with Gasteiger partial charge in [-0.25, -0.2) is 9.97 Å². The van der Waals surface area contributed by atoms with Gasteiger partial charge in [0.2, 0.25) is 5.91 Å². The maximum atomic E-state index is 12.9. The van der Waals surface area contributed by atoms with Crippen LogP contribution in [0.4, 0.5) is 10.9 Å². The lowest BCUT2D eigenvalue weighted by atomic mass is 9.88. The molecule has 2 fully saturated rings. The number of thiazole rings is 1. The molecule has 1 aliphatic heterocycles. The van der Waals surface area contributed by atoms with Crippen LogP contribution in [0.1, 0.15) is 62.1 Å². The molecule has 1 aliphatic carbocycles. The summed E-state index contributed by atoms with van der Waals surface area (Å²) < 4.78 is 5.98. The summed E-state index contributed by atoms with van der Waals surface area (Å²) in [7, 11) is 0. The molecule has 0 bridgehead atoms. The van der Waals surface area contributed by atoms with Gasteiger partial charge in [-0.05, 0) is 31.4 Å². The fraction of sp³-hybridized carbons (Fsp3) is 0.591. The highest BCUT2D eigenvalue weighted by Crippen LogP contribution is 2.29. The Kier molecular flexibility index (Phi) is 6.77. The second-order valence-electron chi connectivity index (χ2n) is 7.93. The number of hydrogen-bond acceptors (Lipinski definition) is 6. The molecule has 156 valence electrons. The smallest absolute Gasteiger partial charge is 0.225 e. The quantitative estimate of drug-likeness (QED) is 0.741. The van der Waals surface area contributed by atoms with Crippen molar-refractivity contribution in [3.05, 3.63) is 35.0 Å².